The largest absolute Gasteiger partial charge is 0.456 e. The molecule has 0 N–H and O–H groups in total. The molecular weight excluding hydrogens is 258 g/mol. The standard InChI is InChI=1S/C15H21NO4/c1-15(2,3)20-14(18)11-4-5-13(17)16(10-11)12-6-8-19-9-7-12/h4-5,10,12H,6-9H2,1-3H3. The highest BCUT2D eigenvalue weighted by atomic mass is 16.6. The Kier molecular flexibility index (Phi) is 4.28. The molecule has 0 saturated carbocycles. The second-order valence-corrected chi connectivity index (χ2v) is 6.01. The third-order valence-electron chi connectivity index (χ3n) is 3.16. The molecule has 1 aliphatic rings. The maximum atomic E-state index is 12.0. The Labute approximate surface area is 118 Å². The van der Waals surface area contributed by atoms with Crippen LogP contribution in [-0.2, 0) is 9.47 Å². The first-order valence-electron chi connectivity index (χ1n) is 6.90. The number of aromatic nitrogens is 1. The minimum Gasteiger partial charge on any atom is -0.456 e. The molecular formula is C15H21NO4. The van der Waals surface area contributed by atoms with Crippen molar-refractivity contribution < 1.29 is 14.3 Å². The van der Waals surface area contributed by atoms with Crippen LogP contribution in [0.4, 0.5) is 0 Å². The quantitative estimate of drug-likeness (QED) is 0.778. The van der Waals surface area contributed by atoms with Gasteiger partial charge in [-0.2, -0.15) is 0 Å². The molecule has 1 aromatic heterocycles. The normalized spacial score (nSPS) is 16.9. The molecule has 0 aromatic carbocycles. The van der Waals surface area contributed by atoms with Crippen LogP contribution in [0.5, 0.6) is 0 Å². The van der Waals surface area contributed by atoms with E-state index in [-0.39, 0.29) is 11.6 Å². The van der Waals surface area contributed by atoms with Gasteiger partial charge in [-0.25, -0.2) is 4.79 Å². The fourth-order valence-electron chi connectivity index (χ4n) is 2.21. The average Bonchev–Trinajstić information content (AvgIpc) is 2.38. The first kappa shape index (κ1) is 14.8. The van der Waals surface area contributed by atoms with Crippen molar-refractivity contribution in [3.63, 3.8) is 0 Å². The summed E-state index contributed by atoms with van der Waals surface area (Å²) in [7, 11) is 0. The molecule has 0 bridgehead atoms. The second kappa shape index (κ2) is 5.79. The molecule has 0 aliphatic carbocycles. The molecule has 1 fully saturated rings. The molecule has 0 radical (unpaired) electrons. The molecule has 0 unspecified atom stereocenters. The summed E-state index contributed by atoms with van der Waals surface area (Å²) >= 11 is 0. The molecule has 1 saturated heterocycles. The topological polar surface area (TPSA) is 57.5 Å². The minimum atomic E-state index is -0.545. The van der Waals surface area contributed by atoms with Crippen LogP contribution in [0.3, 0.4) is 0 Å². The van der Waals surface area contributed by atoms with Gasteiger partial charge < -0.3 is 14.0 Å². The molecule has 0 spiro atoms. The number of carbonyl (C=O) groups excluding carboxylic acids is 1. The van der Waals surface area contributed by atoms with Crippen molar-refractivity contribution in [2.75, 3.05) is 13.2 Å². The maximum absolute atomic E-state index is 12.0. The van der Waals surface area contributed by atoms with Crippen LogP contribution < -0.4 is 5.56 Å². The monoisotopic (exact) mass is 279 g/mol. The Hall–Kier alpha value is -1.62. The minimum absolute atomic E-state index is 0.0933. The van der Waals surface area contributed by atoms with E-state index < -0.39 is 11.6 Å². The van der Waals surface area contributed by atoms with Gasteiger partial charge in [0.05, 0.1) is 5.56 Å². The molecule has 20 heavy (non-hydrogen) atoms. The zero-order valence-corrected chi connectivity index (χ0v) is 12.2. The molecule has 2 rings (SSSR count). The number of hydrogen-bond donors (Lipinski definition) is 0. The molecule has 2 heterocycles. The van der Waals surface area contributed by atoms with Crippen molar-refractivity contribution in [1.82, 2.24) is 4.57 Å². The van der Waals surface area contributed by atoms with Gasteiger partial charge in [0, 0.05) is 31.5 Å². The van der Waals surface area contributed by atoms with Crippen LogP contribution in [0.1, 0.15) is 50.0 Å². The van der Waals surface area contributed by atoms with Crippen molar-refractivity contribution in [2.45, 2.75) is 45.3 Å². The number of ether oxygens (including phenoxy) is 2. The Bertz CT molecular complexity index is 536. The van der Waals surface area contributed by atoms with Gasteiger partial charge in [-0.1, -0.05) is 0 Å². The summed E-state index contributed by atoms with van der Waals surface area (Å²) in [4.78, 5) is 24.0. The zero-order valence-electron chi connectivity index (χ0n) is 12.2. The number of pyridine rings is 1. The SMILES string of the molecule is CC(C)(C)OC(=O)c1ccc(=O)n(C2CCOCC2)c1. The number of esters is 1. The van der Waals surface area contributed by atoms with Crippen molar-refractivity contribution in [1.29, 1.82) is 0 Å². The summed E-state index contributed by atoms with van der Waals surface area (Å²) in [5.74, 6) is -0.404. The lowest BCUT2D eigenvalue weighted by Gasteiger charge is -2.25. The summed E-state index contributed by atoms with van der Waals surface area (Å²) in [6, 6.07) is 3.04. The Morgan fingerprint density at radius 3 is 2.55 bits per heavy atom. The second-order valence-electron chi connectivity index (χ2n) is 6.01. The number of hydrogen-bond acceptors (Lipinski definition) is 4. The van der Waals surface area contributed by atoms with E-state index in [0.717, 1.165) is 12.8 Å². The van der Waals surface area contributed by atoms with E-state index in [0.29, 0.717) is 18.8 Å². The van der Waals surface area contributed by atoms with Gasteiger partial charge in [0.15, 0.2) is 0 Å². The predicted molar refractivity (Wildman–Crippen MR) is 75.0 cm³/mol. The maximum Gasteiger partial charge on any atom is 0.340 e. The van der Waals surface area contributed by atoms with Gasteiger partial charge in [-0.15, -0.1) is 0 Å². The molecule has 1 aliphatic heterocycles. The van der Waals surface area contributed by atoms with E-state index in [1.807, 2.05) is 20.8 Å². The summed E-state index contributed by atoms with van der Waals surface area (Å²) in [6.07, 6.45) is 3.18. The van der Waals surface area contributed by atoms with Crippen LogP contribution in [-0.4, -0.2) is 29.4 Å². The number of nitrogens with zero attached hydrogens (tertiary/aromatic N) is 1. The molecule has 0 atom stereocenters. The van der Waals surface area contributed by atoms with Crippen molar-refractivity contribution in [2.24, 2.45) is 0 Å². The zero-order chi connectivity index (χ0) is 14.8. The first-order valence-corrected chi connectivity index (χ1v) is 6.90. The molecule has 1 aromatic rings. The summed E-state index contributed by atoms with van der Waals surface area (Å²) in [5.41, 5.74) is -0.230. The average molecular weight is 279 g/mol. The molecule has 0 amide bonds. The van der Waals surface area contributed by atoms with Crippen LogP contribution in [0, 0.1) is 0 Å². The van der Waals surface area contributed by atoms with E-state index >= 15 is 0 Å². The predicted octanol–water partition coefficient (Wildman–Crippen LogP) is 2.16. The smallest absolute Gasteiger partial charge is 0.340 e. The van der Waals surface area contributed by atoms with E-state index in [9.17, 15) is 9.59 Å². The van der Waals surface area contributed by atoms with Gasteiger partial charge in [0.1, 0.15) is 5.60 Å². The van der Waals surface area contributed by atoms with Gasteiger partial charge in [0.2, 0.25) is 0 Å². The highest BCUT2D eigenvalue weighted by Crippen LogP contribution is 2.20. The number of rotatable bonds is 2. The fraction of sp³-hybridized carbons (Fsp3) is 0.600. The van der Waals surface area contributed by atoms with Crippen molar-refractivity contribution >= 4 is 5.97 Å². The lowest BCUT2D eigenvalue weighted by molar-refractivity contribution is 0.00679. The highest BCUT2D eigenvalue weighted by molar-refractivity contribution is 5.89. The third kappa shape index (κ3) is 3.70. The van der Waals surface area contributed by atoms with Crippen LogP contribution in [0.25, 0.3) is 0 Å². The summed E-state index contributed by atoms with van der Waals surface area (Å²) < 4.78 is 12.3. The lowest BCUT2D eigenvalue weighted by Crippen LogP contribution is -2.30. The fourth-order valence-corrected chi connectivity index (χ4v) is 2.21. The molecule has 110 valence electrons. The third-order valence-corrected chi connectivity index (χ3v) is 3.16. The van der Waals surface area contributed by atoms with E-state index in [1.54, 1.807) is 10.8 Å². The van der Waals surface area contributed by atoms with Crippen LogP contribution >= 0.6 is 0 Å². The van der Waals surface area contributed by atoms with Gasteiger partial charge in [0.25, 0.3) is 5.56 Å². The first-order chi connectivity index (χ1) is 9.37. The lowest BCUT2D eigenvalue weighted by atomic mass is 10.1. The number of carbonyl (C=O) groups is 1. The Morgan fingerprint density at radius 1 is 1.30 bits per heavy atom. The van der Waals surface area contributed by atoms with Crippen molar-refractivity contribution in [3.05, 3.63) is 34.2 Å². The summed E-state index contributed by atoms with van der Waals surface area (Å²) in [5, 5.41) is 0. The van der Waals surface area contributed by atoms with Crippen molar-refractivity contribution in [3.8, 4) is 0 Å². The van der Waals surface area contributed by atoms with Gasteiger partial charge in [-0.3, -0.25) is 4.79 Å². The molecule has 5 heteroatoms. The van der Waals surface area contributed by atoms with E-state index in [4.69, 9.17) is 9.47 Å². The van der Waals surface area contributed by atoms with Crippen LogP contribution in [0.2, 0.25) is 0 Å². The summed E-state index contributed by atoms with van der Waals surface area (Å²) in [6.45, 7) is 6.75. The van der Waals surface area contributed by atoms with Gasteiger partial charge in [-0.05, 0) is 39.7 Å². The molecule has 5 nitrogen and oxygen atoms in total. The Balaban J connectivity index is 2.24. The van der Waals surface area contributed by atoms with E-state index in [2.05, 4.69) is 0 Å². The van der Waals surface area contributed by atoms with Gasteiger partial charge >= 0.3 is 5.97 Å². The van der Waals surface area contributed by atoms with E-state index in [1.165, 1.54) is 12.1 Å². The highest BCUT2D eigenvalue weighted by Gasteiger charge is 2.21. The van der Waals surface area contributed by atoms with Crippen LogP contribution in [0.15, 0.2) is 23.1 Å². The Morgan fingerprint density at radius 2 is 1.95 bits per heavy atom.